The van der Waals surface area contributed by atoms with E-state index in [1.165, 1.54) is 12.1 Å². The number of hydrogen-bond acceptors (Lipinski definition) is 2. The second-order valence-corrected chi connectivity index (χ2v) is 4.60. The molecule has 1 aliphatic rings. The third-order valence-corrected chi connectivity index (χ3v) is 3.38. The summed E-state index contributed by atoms with van der Waals surface area (Å²) in [7, 11) is 3.75. The molecule has 0 unspecified atom stereocenters. The fourth-order valence-corrected chi connectivity index (χ4v) is 2.25. The van der Waals surface area contributed by atoms with E-state index in [0.29, 0.717) is 0 Å². The van der Waals surface area contributed by atoms with E-state index in [4.69, 9.17) is 0 Å². The van der Waals surface area contributed by atoms with Gasteiger partial charge in [-0.3, -0.25) is 0 Å². The van der Waals surface area contributed by atoms with Crippen LogP contribution in [0.25, 0.3) is 0 Å². The maximum atomic E-state index is 13.2. The van der Waals surface area contributed by atoms with E-state index in [1.807, 2.05) is 19.0 Å². The van der Waals surface area contributed by atoms with Crippen molar-refractivity contribution in [2.24, 2.45) is 0 Å². The molecule has 0 amide bonds. The SMILES string of the molecule is CN(C)c1cc(F)ccc1C1(C#N)CCC1. The topological polar surface area (TPSA) is 27.0 Å². The molecule has 84 valence electrons. The summed E-state index contributed by atoms with van der Waals surface area (Å²) in [5, 5.41) is 9.30. The Bertz CT molecular complexity index is 442. The van der Waals surface area contributed by atoms with Gasteiger partial charge in [-0.25, -0.2) is 4.39 Å². The number of halogens is 1. The minimum atomic E-state index is -0.382. The van der Waals surface area contributed by atoms with Crippen LogP contribution in [-0.4, -0.2) is 14.1 Å². The first-order valence-corrected chi connectivity index (χ1v) is 5.48. The van der Waals surface area contributed by atoms with Crippen molar-refractivity contribution in [2.45, 2.75) is 24.7 Å². The van der Waals surface area contributed by atoms with Crippen LogP contribution in [0.4, 0.5) is 10.1 Å². The van der Waals surface area contributed by atoms with Crippen LogP contribution in [0.2, 0.25) is 0 Å². The number of nitrogens with zero attached hydrogens (tertiary/aromatic N) is 2. The summed E-state index contributed by atoms with van der Waals surface area (Å²) in [5.74, 6) is -0.250. The monoisotopic (exact) mass is 218 g/mol. The molecule has 0 heterocycles. The molecule has 3 heteroatoms. The van der Waals surface area contributed by atoms with Crippen LogP contribution in [0.1, 0.15) is 24.8 Å². The number of benzene rings is 1. The molecule has 0 spiro atoms. The average molecular weight is 218 g/mol. The van der Waals surface area contributed by atoms with Crippen molar-refractivity contribution in [3.8, 4) is 6.07 Å². The third kappa shape index (κ3) is 1.55. The molecule has 16 heavy (non-hydrogen) atoms. The molecule has 1 aromatic rings. The van der Waals surface area contributed by atoms with Crippen molar-refractivity contribution in [3.05, 3.63) is 29.6 Å². The summed E-state index contributed by atoms with van der Waals surface area (Å²) in [5.41, 5.74) is 1.40. The van der Waals surface area contributed by atoms with Crippen LogP contribution in [-0.2, 0) is 5.41 Å². The lowest BCUT2D eigenvalue weighted by molar-refractivity contribution is 0.324. The fraction of sp³-hybridized carbons (Fsp3) is 0.462. The lowest BCUT2D eigenvalue weighted by Gasteiger charge is -2.38. The molecule has 2 rings (SSSR count). The van der Waals surface area contributed by atoms with Crippen LogP contribution < -0.4 is 4.90 Å². The van der Waals surface area contributed by atoms with E-state index in [0.717, 1.165) is 30.5 Å². The molecule has 1 aromatic carbocycles. The van der Waals surface area contributed by atoms with Crippen LogP contribution in [0.15, 0.2) is 18.2 Å². The summed E-state index contributed by atoms with van der Waals surface area (Å²) in [6.45, 7) is 0. The van der Waals surface area contributed by atoms with Crippen LogP contribution in [0.5, 0.6) is 0 Å². The fourth-order valence-electron chi connectivity index (χ4n) is 2.25. The van der Waals surface area contributed by atoms with Crippen molar-refractivity contribution in [3.63, 3.8) is 0 Å². The van der Waals surface area contributed by atoms with Crippen molar-refractivity contribution in [1.29, 1.82) is 5.26 Å². The Hall–Kier alpha value is -1.56. The highest BCUT2D eigenvalue weighted by Crippen LogP contribution is 2.46. The van der Waals surface area contributed by atoms with Crippen molar-refractivity contribution in [1.82, 2.24) is 0 Å². The first-order chi connectivity index (χ1) is 7.59. The molecule has 0 atom stereocenters. The summed E-state index contributed by atoms with van der Waals surface area (Å²) in [6, 6.07) is 7.10. The van der Waals surface area contributed by atoms with Crippen molar-refractivity contribution in [2.75, 3.05) is 19.0 Å². The second-order valence-electron chi connectivity index (χ2n) is 4.60. The van der Waals surface area contributed by atoms with Crippen molar-refractivity contribution < 1.29 is 4.39 Å². The predicted octanol–water partition coefficient (Wildman–Crippen LogP) is 2.84. The summed E-state index contributed by atoms with van der Waals surface area (Å²) >= 11 is 0. The van der Waals surface area contributed by atoms with Gasteiger partial charge in [0, 0.05) is 19.8 Å². The number of hydrogen-bond donors (Lipinski definition) is 0. The molecular formula is C13H15FN2. The van der Waals surface area contributed by atoms with Crippen LogP contribution in [0.3, 0.4) is 0 Å². The Morgan fingerprint density at radius 1 is 1.38 bits per heavy atom. The molecule has 0 N–H and O–H groups in total. The second kappa shape index (κ2) is 3.79. The lowest BCUT2D eigenvalue weighted by Crippen LogP contribution is -2.34. The Morgan fingerprint density at radius 2 is 2.06 bits per heavy atom. The maximum Gasteiger partial charge on any atom is 0.125 e. The van der Waals surface area contributed by atoms with Gasteiger partial charge in [0.1, 0.15) is 5.82 Å². The van der Waals surface area contributed by atoms with E-state index in [-0.39, 0.29) is 11.2 Å². The van der Waals surface area contributed by atoms with Gasteiger partial charge in [0.2, 0.25) is 0 Å². The predicted molar refractivity (Wildman–Crippen MR) is 61.9 cm³/mol. The van der Waals surface area contributed by atoms with Gasteiger partial charge in [-0.1, -0.05) is 6.07 Å². The van der Waals surface area contributed by atoms with Crippen molar-refractivity contribution >= 4 is 5.69 Å². The largest absolute Gasteiger partial charge is 0.377 e. The smallest absolute Gasteiger partial charge is 0.125 e. The molecule has 0 aliphatic heterocycles. The standard InChI is InChI=1S/C13H15FN2/c1-16(2)12-8-10(14)4-5-11(12)13(9-15)6-3-7-13/h4-5,8H,3,6-7H2,1-2H3. The zero-order chi connectivity index (χ0) is 11.8. The first kappa shape index (κ1) is 10.9. The molecule has 0 aromatic heterocycles. The van der Waals surface area contributed by atoms with Gasteiger partial charge in [-0.15, -0.1) is 0 Å². The lowest BCUT2D eigenvalue weighted by atomic mass is 9.65. The van der Waals surface area contributed by atoms with E-state index in [9.17, 15) is 9.65 Å². The highest BCUT2D eigenvalue weighted by Gasteiger charge is 2.40. The molecule has 2 nitrogen and oxygen atoms in total. The molecule has 1 aliphatic carbocycles. The van der Waals surface area contributed by atoms with Gasteiger partial charge in [0.25, 0.3) is 0 Å². The average Bonchev–Trinajstić information content (AvgIpc) is 2.19. The Kier molecular flexibility index (Phi) is 2.59. The molecule has 1 saturated carbocycles. The zero-order valence-corrected chi connectivity index (χ0v) is 9.63. The third-order valence-electron chi connectivity index (χ3n) is 3.38. The minimum absolute atomic E-state index is 0.250. The maximum absolute atomic E-state index is 13.2. The first-order valence-electron chi connectivity index (χ1n) is 5.48. The number of rotatable bonds is 2. The molecule has 0 radical (unpaired) electrons. The minimum Gasteiger partial charge on any atom is -0.377 e. The van der Waals surface area contributed by atoms with Gasteiger partial charge in [0.05, 0.1) is 11.5 Å². The van der Waals surface area contributed by atoms with E-state index in [1.54, 1.807) is 6.07 Å². The van der Waals surface area contributed by atoms with Gasteiger partial charge in [-0.2, -0.15) is 5.26 Å². The summed E-state index contributed by atoms with van der Waals surface area (Å²) in [6.07, 6.45) is 2.85. The quantitative estimate of drug-likeness (QED) is 0.763. The van der Waals surface area contributed by atoms with E-state index >= 15 is 0 Å². The van der Waals surface area contributed by atoms with E-state index in [2.05, 4.69) is 6.07 Å². The zero-order valence-electron chi connectivity index (χ0n) is 9.63. The van der Waals surface area contributed by atoms with Crippen LogP contribution >= 0.6 is 0 Å². The Labute approximate surface area is 95.3 Å². The Balaban J connectivity index is 2.52. The number of nitriles is 1. The van der Waals surface area contributed by atoms with E-state index < -0.39 is 0 Å². The molecular weight excluding hydrogens is 203 g/mol. The summed E-state index contributed by atoms with van der Waals surface area (Å²) in [4.78, 5) is 1.87. The highest BCUT2D eigenvalue weighted by molar-refractivity contribution is 5.59. The molecule has 0 saturated heterocycles. The van der Waals surface area contributed by atoms with Gasteiger partial charge < -0.3 is 4.90 Å². The molecule has 1 fully saturated rings. The Morgan fingerprint density at radius 3 is 2.50 bits per heavy atom. The normalized spacial score (nSPS) is 17.4. The summed E-state index contributed by atoms with van der Waals surface area (Å²) < 4.78 is 13.2. The van der Waals surface area contributed by atoms with Gasteiger partial charge in [-0.05, 0) is 37.0 Å². The number of anilines is 1. The van der Waals surface area contributed by atoms with Gasteiger partial charge in [0.15, 0.2) is 0 Å². The highest BCUT2D eigenvalue weighted by atomic mass is 19.1. The van der Waals surface area contributed by atoms with Gasteiger partial charge >= 0.3 is 0 Å². The van der Waals surface area contributed by atoms with Crippen LogP contribution in [0, 0.1) is 17.1 Å². The molecule has 0 bridgehead atoms.